The van der Waals surface area contributed by atoms with E-state index < -0.39 is 11.6 Å². The van der Waals surface area contributed by atoms with Crippen LogP contribution in [0.1, 0.15) is 47.1 Å². The molecule has 44 heavy (non-hydrogen) atoms. The van der Waals surface area contributed by atoms with Gasteiger partial charge < -0.3 is 24.2 Å². The summed E-state index contributed by atoms with van der Waals surface area (Å²) in [6.07, 6.45) is 3.60. The number of hydrogen-bond acceptors (Lipinski definition) is 5. The quantitative estimate of drug-likeness (QED) is 0.152. The molecule has 0 aliphatic carbocycles. The molecule has 1 heterocycles. The molecule has 0 bridgehead atoms. The molecule has 1 saturated heterocycles. The molecule has 1 aliphatic heterocycles. The molecule has 0 atom stereocenters. The summed E-state index contributed by atoms with van der Waals surface area (Å²) in [4.78, 5) is 2.50. The maximum absolute atomic E-state index is 13.6. The zero-order valence-electron chi connectivity index (χ0n) is 25.2. The van der Waals surface area contributed by atoms with Crippen molar-refractivity contribution in [1.29, 1.82) is 0 Å². The highest BCUT2D eigenvalue weighted by molar-refractivity contribution is 6.32. The third-order valence-electron chi connectivity index (χ3n) is 8.08. The molecule has 0 radical (unpaired) electrons. The zero-order valence-corrected chi connectivity index (χ0v) is 25.9. The fourth-order valence-corrected chi connectivity index (χ4v) is 5.87. The van der Waals surface area contributed by atoms with Crippen LogP contribution in [0.25, 0.3) is 11.1 Å². The predicted molar refractivity (Wildman–Crippen MR) is 170 cm³/mol. The van der Waals surface area contributed by atoms with Crippen molar-refractivity contribution in [1.82, 2.24) is 4.90 Å². The average molecular weight is 622 g/mol. The van der Waals surface area contributed by atoms with E-state index in [0.717, 1.165) is 52.6 Å². The molecular formula is C36H38ClF2NO4. The first-order chi connectivity index (χ1) is 21.3. The third kappa shape index (κ3) is 7.89. The molecule has 0 saturated carbocycles. The van der Waals surface area contributed by atoms with Crippen LogP contribution in [0.5, 0.6) is 17.2 Å². The smallest absolute Gasteiger partial charge is 0.142 e. The Hall–Kier alpha value is -3.65. The molecule has 1 N–H and O–H groups in total. The van der Waals surface area contributed by atoms with Gasteiger partial charge in [-0.25, -0.2) is 8.78 Å². The van der Waals surface area contributed by atoms with Gasteiger partial charge in [0.25, 0.3) is 0 Å². The van der Waals surface area contributed by atoms with Crippen molar-refractivity contribution < 1.29 is 28.1 Å². The molecule has 1 aliphatic rings. The van der Waals surface area contributed by atoms with Gasteiger partial charge in [0.2, 0.25) is 0 Å². The van der Waals surface area contributed by atoms with E-state index in [1.54, 1.807) is 12.1 Å². The molecule has 5 nitrogen and oxygen atoms in total. The number of ether oxygens (including phenoxy) is 3. The van der Waals surface area contributed by atoms with Gasteiger partial charge in [0.1, 0.15) is 42.1 Å². The lowest BCUT2D eigenvalue weighted by Crippen LogP contribution is -2.22. The monoisotopic (exact) mass is 621 g/mol. The van der Waals surface area contributed by atoms with Crippen molar-refractivity contribution in [3.8, 4) is 28.4 Å². The van der Waals surface area contributed by atoms with Crippen molar-refractivity contribution in [2.24, 2.45) is 0 Å². The summed E-state index contributed by atoms with van der Waals surface area (Å²) in [6, 6.07) is 18.7. The normalized spacial score (nSPS) is 13.3. The maximum Gasteiger partial charge on any atom is 0.142 e. The highest BCUT2D eigenvalue weighted by Gasteiger charge is 2.16. The summed E-state index contributed by atoms with van der Waals surface area (Å²) in [7, 11) is 0. The minimum absolute atomic E-state index is 0.0928. The number of aliphatic hydroxyl groups excluding tert-OH is 1. The lowest BCUT2D eigenvalue weighted by molar-refractivity contribution is 0.255. The summed E-state index contributed by atoms with van der Waals surface area (Å²) >= 11 is 6.49. The molecular weight excluding hydrogens is 584 g/mol. The highest BCUT2D eigenvalue weighted by Crippen LogP contribution is 2.36. The molecule has 232 valence electrons. The zero-order chi connectivity index (χ0) is 31.1. The van der Waals surface area contributed by atoms with Crippen LogP contribution < -0.4 is 14.2 Å². The highest BCUT2D eigenvalue weighted by atomic mass is 35.5. The molecule has 0 unspecified atom stereocenters. The minimum Gasteiger partial charge on any atom is -0.493 e. The van der Waals surface area contributed by atoms with Gasteiger partial charge in [0, 0.05) is 24.2 Å². The number of benzene rings is 4. The van der Waals surface area contributed by atoms with Crippen LogP contribution >= 0.6 is 11.6 Å². The van der Waals surface area contributed by atoms with Gasteiger partial charge in [0.05, 0.1) is 18.2 Å². The van der Waals surface area contributed by atoms with Crippen molar-refractivity contribution in [2.75, 3.05) is 26.2 Å². The van der Waals surface area contributed by atoms with Gasteiger partial charge in [-0.1, -0.05) is 41.9 Å². The van der Waals surface area contributed by atoms with E-state index in [0.29, 0.717) is 34.3 Å². The first kappa shape index (κ1) is 31.8. The third-order valence-corrected chi connectivity index (χ3v) is 8.38. The molecule has 0 spiro atoms. The number of aliphatic hydroxyl groups is 1. The summed E-state index contributed by atoms with van der Waals surface area (Å²) < 4.78 is 45.4. The predicted octanol–water partition coefficient (Wildman–Crippen LogP) is 8.42. The second-order valence-corrected chi connectivity index (χ2v) is 11.6. The molecule has 0 amide bonds. The van der Waals surface area contributed by atoms with Gasteiger partial charge in [0.15, 0.2) is 0 Å². The number of halogens is 3. The summed E-state index contributed by atoms with van der Waals surface area (Å²) in [5, 5.41) is 10.2. The molecule has 4 aromatic rings. The van der Waals surface area contributed by atoms with Crippen molar-refractivity contribution in [2.45, 2.75) is 52.9 Å². The average Bonchev–Trinajstić information content (AvgIpc) is 3.52. The summed E-state index contributed by atoms with van der Waals surface area (Å²) in [5.41, 5.74) is 6.12. The van der Waals surface area contributed by atoms with Crippen molar-refractivity contribution in [3.63, 3.8) is 0 Å². The van der Waals surface area contributed by atoms with E-state index in [4.69, 9.17) is 25.8 Å². The number of nitrogens with zero attached hydrogens (tertiary/aromatic N) is 1. The fraction of sp³-hybridized carbons (Fsp3) is 0.333. The molecule has 4 aromatic carbocycles. The molecule has 8 heteroatoms. The largest absolute Gasteiger partial charge is 0.493 e. The van der Waals surface area contributed by atoms with Crippen LogP contribution in [0.15, 0.2) is 66.7 Å². The van der Waals surface area contributed by atoms with Crippen LogP contribution in [0.2, 0.25) is 5.02 Å². The Morgan fingerprint density at radius 1 is 0.750 bits per heavy atom. The Bertz CT molecular complexity index is 1570. The van der Waals surface area contributed by atoms with E-state index in [1.165, 1.54) is 38.1 Å². The minimum atomic E-state index is -0.689. The first-order valence-electron chi connectivity index (χ1n) is 15.0. The van der Waals surface area contributed by atoms with Crippen molar-refractivity contribution >= 4 is 11.6 Å². The Kier molecular flexibility index (Phi) is 10.7. The Labute approximate surface area is 263 Å². The van der Waals surface area contributed by atoms with Gasteiger partial charge in [-0.3, -0.25) is 0 Å². The van der Waals surface area contributed by atoms with Crippen LogP contribution in [0.4, 0.5) is 8.78 Å². The Morgan fingerprint density at radius 2 is 1.43 bits per heavy atom. The van der Waals surface area contributed by atoms with Gasteiger partial charge >= 0.3 is 0 Å². The number of hydrogen-bond donors (Lipinski definition) is 1. The summed E-state index contributed by atoms with van der Waals surface area (Å²) in [6.45, 7) is 8.15. The van der Waals surface area contributed by atoms with Gasteiger partial charge in [-0.15, -0.1) is 0 Å². The SMILES string of the molecule is Cc1c(COc2cc(OCc3cc(F)cc(F)c3)c(CO)cc2Cl)cccc1-c1cccc(OCCCN2CCCC2)c1C. The van der Waals surface area contributed by atoms with E-state index in [2.05, 4.69) is 30.9 Å². The second kappa shape index (κ2) is 14.9. The number of rotatable bonds is 13. The molecule has 1 fully saturated rings. The lowest BCUT2D eigenvalue weighted by atomic mass is 9.93. The Balaban J connectivity index is 1.27. The fourth-order valence-electron chi connectivity index (χ4n) is 5.63. The second-order valence-electron chi connectivity index (χ2n) is 11.2. The van der Waals surface area contributed by atoms with Crippen LogP contribution in [0.3, 0.4) is 0 Å². The maximum atomic E-state index is 13.6. The van der Waals surface area contributed by atoms with E-state index >= 15 is 0 Å². The van der Waals surface area contributed by atoms with E-state index in [-0.39, 0.29) is 19.8 Å². The van der Waals surface area contributed by atoms with E-state index in [9.17, 15) is 13.9 Å². The lowest BCUT2D eigenvalue weighted by Gasteiger charge is -2.18. The van der Waals surface area contributed by atoms with Crippen LogP contribution in [-0.4, -0.2) is 36.2 Å². The van der Waals surface area contributed by atoms with Crippen molar-refractivity contribution in [3.05, 3.63) is 111 Å². The number of likely N-dealkylation sites (tertiary alicyclic amines) is 1. The van der Waals surface area contributed by atoms with Crippen LogP contribution in [0, 0.1) is 25.5 Å². The molecule has 5 rings (SSSR count). The van der Waals surface area contributed by atoms with Gasteiger partial charge in [-0.2, -0.15) is 0 Å². The molecule has 0 aromatic heterocycles. The summed E-state index contributed by atoms with van der Waals surface area (Å²) in [5.74, 6) is 0.205. The topological polar surface area (TPSA) is 51.2 Å². The standard InChI is InChI=1S/C36H38ClF2NO4/c1-24-27(8-5-9-31(24)32-10-6-11-34(25(32)2)42-15-7-14-40-12-3-4-13-40)23-44-36-20-35(28(21-41)18-33(36)37)43-22-26-16-29(38)19-30(39)17-26/h5-6,8-11,16-20,41H,3-4,7,12-15,21-23H2,1-2H3. The Morgan fingerprint density at radius 3 is 2.16 bits per heavy atom. The first-order valence-corrected chi connectivity index (χ1v) is 15.4. The van der Waals surface area contributed by atoms with Gasteiger partial charge in [-0.05, 0) is 104 Å². The van der Waals surface area contributed by atoms with Crippen LogP contribution in [-0.2, 0) is 19.8 Å². The van der Waals surface area contributed by atoms with E-state index in [1.807, 2.05) is 24.3 Å².